The molecule has 646 valence electrons. The lowest BCUT2D eigenvalue weighted by molar-refractivity contribution is -0.147. The van der Waals surface area contributed by atoms with E-state index in [2.05, 4.69) is 38.3 Å². The number of Topliss-reactive ketones (excluding diaryl/α,β-unsaturated/α-hetero) is 2. The molecule has 0 aliphatic rings. The van der Waals surface area contributed by atoms with Crippen LogP contribution < -0.4 is 15.4 Å². The minimum Gasteiger partial charge on any atom is -0.490 e. The number of aliphatic hydroxyl groups excluding tert-OH is 1. The molecule has 2 amide bonds. The van der Waals surface area contributed by atoms with E-state index in [0.717, 1.165) is 87.9 Å². The number of aliphatic hydroxyl groups is 2. The Balaban J connectivity index is 1.70. The third-order valence-corrected chi connectivity index (χ3v) is 23.6. The highest BCUT2D eigenvalue weighted by Gasteiger charge is 2.27. The molecule has 0 saturated heterocycles. The van der Waals surface area contributed by atoms with Crippen LogP contribution in [-0.2, 0) is 28.7 Å². The Labute approximate surface area is 687 Å². The zero-order valence-electron chi connectivity index (χ0n) is 74.0. The van der Waals surface area contributed by atoms with Gasteiger partial charge in [-0.25, -0.2) is 0 Å². The molecule has 0 saturated carbocycles. The second-order valence-corrected chi connectivity index (χ2v) is 35.5. The van der Waals surface area contributed by atoms with Gasteiger partial charge in [-0.2, -0.15) is 0 Å². The summed E-state index contributed by atoms with van der Waals surface area (Å²) in [5.74, 6) is 3.30. The lowest BCUT2D eigenvalue weighted by Gasteiger charge is -2.28. The Kier molecular flexibility index (Phi) is 64.2. The minimum absolute atomic E-state index is 0.0535. The zero-order chi connectivity index (χ0) is 81.8. The van der Waals surface area contributed by atoms with Gasteiger partial charge in [0.15, 0.2) is 11.6 Å². The smallest absolute Gasteiger partial charge is 0.305 e. The second-order valence-electron chi connectivity index (χ2n) is 35.5. The van der Waals surface area contributed by atoms with E-state index in [9.17, 15) is 39.0 Å². The van der Waals surface area contributed by atoms with Crippen molar-refractivity contribution in [2.24, 2.45) is 29.1 Å². The van der Waals surface area contributed by atoms with Crippen molar-refractivity contribution in [2.45, 2.75) is 459 Å². The third kappa shape index (κ3) is 56.6. The van der Waals surface area contributed by atoms with E-state index in [0.29, 0.717) is 61.2 Å². The van der Waals surface area contributed by atoms with Crippen LogP contribution in [0.4, 0.5) is 0 Å². The topological polar surface area (TPSA) is 195 Å². The van der Waals surface area contributed by atoms with E-state index in [4.69, 9.17) is 14.2 Å². The summed E-state index contributed by atoms with van der Waals surface area (Å²) in [4.78, 5) is 75.6. The standard InChI is InChI=1S/C99H174N2O11/c1-10-14-18-22-34-46-58-83(85(60-48-36-24-20-16-12-3)64-52-40-28-32-44-56-68-94(105)111-81-80-110-90-76-74-89(75-77-90)97(108)99(8,9)109)62-50-38-26-30-42-54-66-92(103)100-78-79-101-93(104)67-55-43-31-27-39-51-63-84(59-47-35-23-19-15-11-2)86(61-49-37-25-21-17-13-4)65-53-41-29-33-45-57-69-95(106)112-82-91(102)87-70-72-88(73-71-87)96(107)98(5,6)7/h70-77,83-86,91,102,109H,10-69,78-82H2,1-9H3,(H,100,103)(H,101,104). The quantitative estimate of drug-likeness (QED) is 0.0280. The fourth-order valence-corrected chi connectivity index (χ4v) is 16.4. The number of ketones is 2. The van der Waals surface area contributed by atoms with Gasteiger partial charge in [0.25, 0.3) is 0 Å². The molecule has 0 fully saturated rings. The molecule has 2 rings (SSSR count). The van der Waals surface area contributed by atoms with E-state index >= 15 is 0 Å². The monoisotopic (exact) mass is 1570 g/mol. The van der Waals surface area contributed by atoms with Crippen LogP contribution in [0.5, 0.6) is 5.75 Å². The number of rotatable bonds is 79. The number of carbonyl (C=O) groups excluding carboxylic acids is 6. The van der Waals surface area contributed by atoms with Crippen LogP contribution in [0.25, 0.3) is 0 Å². The largest absolute Gasteiger partial charge is 0.490 e. The van der Waals surface area contributed by atoms with Crippen LogP contribution in [0.15, 0.2) is 48.5 Å². The van der Waals surface area contributed by atoms with E-state index < -0.39 is 17.1 Å². The van der Waals surface area contributed by atoms with Crippen molar-refractivity contribution in [3.63, 3.8) is 0 Å². The van der Waals surface area contributed by atoms with E-state index in [1.54, 1.807) is 48.5 Å². The predicted octanol–water partition coefficient (Wildman–Crippen LogP) is 27.3. The number of benzene rings is 2. The van der Waals surface area contributed by atoms with Gasteiger partial charge < -0.3 is 35.1 Å². The molecule has 4 N–H and O–H groups in total. The Hall–Kier alpha value is -4.62. The molecule has 13 nitrogen and oxygen atoms in total. The van der Waals surface area contributed by atoms with Crippen molar-refractivity contribution in [2.75, 3.05) is 32.9 Å². The first-order chi connectivity index (χ1) is 54.2. The fraction of sp³-hybridized carbons (Fsp3) is 0.818. The Morgan fingerprint density at radius 1 is 0.330 bits per heavy atom. The number of nitrogens with one attached hydrogen (secondary N) is 2. The lowest BCUT2D eigenvalue weighted by Crippen LogP contribution is -2.34. The number of amides is 2. The highest BCUT2D eigenvalue weighted by molar-refractivity contribution is 6.02. The number of ether oxygens (including phenoxy) is 3. The molecule has 2 aromatic rings. The molecule has 5 unspecified atom stereocenters. The summed E-state index contributed by atoms with van der Waals surface area (Å²) in [5, 5.41) is 26.8. The maximum Gasteiger partial charge on any atom is 0.305 e. The van der Waals surface area contributed by atoms with Crippen LogP contribution in [0, 0.1) is 29.1 Å². The first-order valence-corrected chi connectivity index (χ1v) is 47.4. The molecule has 5 atom stereocenters. The maximum atomic E-state index is 12.8. The molecule has 0 bridgehead atoms. The summed E-state index contributed by atoms with van der Waals surface area (Å²) >= 11 is 0. The molecular weight excluding hydrogens is 1390 g/mol. The predicted molar refractivity (Wildman–Crippen MR) is 469 cm³/mol. The van der Waals surface area contributed by atoms with Crippen LogP contribution in [-0.4, -0.2) is 84.0 Å². The molecule has 112 heavy (non-hydrogen) atoms. The highest BCUT2D eigenvalue weighted by Crippen LogP contribution is 2.36. The fourth-order valence-electron chi connectivity index (χ4n) is 16.4. The SMILES string of the molecule is CCCCCCCCC(CCCCCCCCC(=O)NCCNC(=O)CCCCCCCCC(CCCCCCCC)C(CCCCCCCC)CCCCCCCCC(=O)OCC(O)c1ccc(C(=O)C(C)(C)C)cc1)C(CCCCCCCC)CCCCCCCCC(=O)OCCOc1ccc(C(=O)C(C)(C)O)cc1. The van der Waals surface area contributed by atoms with Crippen LogP contribution in [0.3, 0.4) is 0 Å². The number of hydrogen-bond donors (Lipinski definition) is 4. The number of unbranched alkanes of at least 4 members (excludes halogenated alkanes) is 40. The normalized spacial score (nSPS) is 13.2. The Bertz CT molecular complexity index is 2590. The van der Waals surface area contributed by atoms with Crippen LogP contribution in [0.1, 0.15) is 480 Å². The van der Waals surface area contributed by atoms with Gasteiger partial charge in [0.05, 0.1) is 0 Å². The molecule has 2 aromatic carbocycles. The Morgan fingerprint density at radius 2 is 0.598 bits per heavy atom. The highest BCUT2D eigenvalue weighted by atomic mass is 16.6. The van der Waals surface area contributed by atoms with Gasteiger partial charge in [0.1, 0.15) is 37.3 Å². The number of carbonyl (C=O) groups is 6. The second kappa shape index (κ2) is 69.5. The van der Waals surface area contributed by atoms with Crippen molar-refractivity contribution >= 4 is 35.3 Å². The maximum absolute atomic E-state index is 12.8. The first-order valence-electron chi connectivity index (χ1n) is 47.4. The van der Waals surface area contributed by atoms with Crippen LogP contribution >= 0.6 is 0 Å². The van der Waals surface area contributed by atoms with Crippen molar-refractivity contribution < 1.29 is 53.2 Å². The summed E-state index contributed by atoms with van der Waals surface area (Å²) in [5.41, 5.74) is -0.237. The van der Waals surface area contributed by atoms with Gasteiger partial charge in [-0.15, -0.1) is 0 Å². The molecule has 0 aliphatic carbocycles. The van der Waals surface area contributed by atoms with Gasteiger partial charge >= 0.3 is 11.9 Å². The van der Waals surface area contributed by atoms with Crippen molar-refractivity contribution in [1.29, 1.82) is 0 Å². The van der Waals surface area contributed by atoms with Gasteiger partial charge in [0.2, 0.25) is 11.8 Å². The molecule has 0 spiro atoms. The average Bonchev–Trinajstić information content (AvgIpc) is 0.852. The Morgan fingerprint density at radius 3 is 0.902 bits per heavy atom. The van der Waals surface area contributed by atoms with Crippen molar-refractivity contribution in [3.8, 4) is 5.75 Å². The first kappa shape index (κ1) is 103. The molecular formula is C99H174N2O11. The summed E-state index contributed by atoms with van der Waals surface area (Å²) in [6.07, 6.45) is 72.0. The lowest BCUT2D eigenvalue weighted by atomic mass is 9.78. The number of esters is 2. The van der Waals surface area contributed by atoms with E-state index in [-0.39, 0.29) is 55.1 Å². The minimum atomic E-state index is -1.43. The number of hydrogen-bond acceptors (Lipinski definition) is 11. The molecule has 0 aromatic heterocycles. The molecule has 0 aliphatic heterocycles. The van der Waals surface area contributed by atoms with E-state index in [1.807, 2.05) is 20.8 Å². The van der Waals surface area contributed by atoms with Gasteiger partial charge in [-0.1, -0.05) is 407 Å². The summed E-state index contributed by atoms with van der Waals surface area (Å²) in [6, 6.07) is 13.6. The molecule has 13 heteroatoms. The van der Waals surface area contributed by atoms with Crippen LogP contribution in [0.2, 0.25) is 0 Å². The van der Waals surface area contributed by atoms with Crippen molar-refractivity contribution in [3.05, 3.63) is 65.2 Å². The summed E-state index contributed by atoms with van der Waals surface area (Å²) < 4.78 is 16.6. The average molecular weight is 1570 g/mol. The third-order valence-electron chi connectivity index (χ3n) is 23.6. The molecule has 0 heterocycles. The van der Waals surface area contributed by atoms with Gasteiger partial charge in [0, 0.05) is 55.3 Å². The van der Waals surface area contributed by atoms with E-state index in [1.165, 1.54) is 309 Å². The molecule has 0 radical (unpaired) electrons. The van der Waals surface area contributed by atoms with Gasteiger partial charge in [-0.05, 0) is 93.0 Å². The van der Waals surface area contributed by atoms with Crippen molar-refractivity contribution in [1.82, 2.24) is 10.6 Å². The zero-order valence-corrected chi connectivity index (χ0v) is 74.0. The van der Waals surface area contributed by atoms with Gasteiger partial charge in [-0.3, -0.25) is 28.8 Å². The summed E-state index contributed by atoms with van der Waals surface area (Å²) in [7, 11) is 0. The summed E-state index contributed by atoms with van der Waals surface area (Å²) in [6.45, 7) is 19.2.